The molecule has 1 amide bonds. The number of aromatic carboxylic acids is 1. The maximum absolute atomic E-state index is 11.7. The van der Waals surface area contributed by atoms with Gasteiger partial charge in [0.05, 0.1) is 11.3 Å². The molecule has 0 aliphatic carbocycles. The molecule has 33 heavy (non-hydrogen) atoms. The van der Waals surface area contributed by atoms with Gasteiger partial charge in [-0.3, -0.25) is 4.79 Å². The van der Waals surface area contributed by atoms with Crippen LogP contribution in [0.25, 0.3) is 0 Å². The van der Waals surface area contributed by atoms with Crippen molar-refractivity contribution in [1.29, 1.82) is 0 Å². The first kappa shape index (κ1) is 26.4. The Kier molecular flexibility index (Phi) is 9.51. The summed E-state index contributed by atoms with van der Waals surface area (Å²) in [6.45, 7) is 5.94. The summed E-state index contributed by atoms with van der Waals surface area (Å²) < 4.78 is 31.7. The molecule has 0 spiro atoms. The van der Waals surface area contributed by atoms with Crippen molar-refractivity contribution in [3.05, 3.63) is 23.8 Å². The minimum absolute atomic E-state index is 0.114. The first-order valence-electron chi connectivity index (χ1n) is 11.0. The fourth-order valence-electron chi connectivity index (χ4n) is 4.07. The predicted octanol–water partition coefficient (Wildman–Crippen LogP) is 3.82. The Labute approximate surface area is 190 Å². The number of alkyl halides is 3. The Bertz CT molecular complexity index is 833. The zero-order chi connectivity index (χ0) is 24.6. The number of amides is 1. The molecule has 11 heteroatoms. The van der Waals surface area contributed by atoms with Crippen LogP contribution >= 0.6 is 0 Å². The molecule has 2 heterocycles. The van der Waals surface area contributed by atoms with Gasteiger partial charge in [0, 0.05) is 31.2 Å². The number of benzene rings is 1. The Morgan fingerprint density at radius 1 is 1.03 bits per heavy atom. The van der Waals surface area contributed by atoms with Crippen molar-refractivity contribution in [2.24, 2.45) is 0 Å². The van der Waals surface area contributed by atoms with Crippen LogP contribution in [0.5, 0.6) is 0 Å². The van der Waals surface area contributed by atoms with E-state index in [4.69, 9.17) is 9.90 Å². The summed E-state index contributed by atoms with van der Waals surface area (Å²) in [5.41, 5.74) is 1.56. The van der Waals surface area contributed by atoms with E-state index >= 15 is 0 Å². The number of carbonyl (C=O) groups is 3. The zero-order valence-electron chi connectivity index (χ0n) is 18.5. The van der Waals surface area contributed by atoms with Gasteiger partial charge in [0.25, 0.3) is 0 Å². The second-order valence-corrected chi connectivity index (χ2v) is 8.06. The monoisotopic (exact) mass is 473 g/mol. The second kappa shape index (κ2) is 11.9. The summed E-state index contributed by atoms with van der Waals surface area (Å²) in [4.78, 5) is 37.0. The molecule has 0 radical (unpaired) electrons. The van der Waals surface area contributed by atoms with Gasteiger partial charge in [-0.1, -0.05) is 13.3 Å². The number of hydrogen-bond acceptors (Lipinski definition) is 5. The Morgan fingerprint density at radius 2 is 1.61 bits per heavy atom. The Balaban J connectivity index is 0.000000479. The fourth-order valence-corrected chi connectivity index (χ4v) is 4.07. The van der Waals surface area contributed by atoms with Crippen LogP contribution in [0, 0.1) is 0 Å². The lowest BCUT2D eigenvalue weighted by atomic mass is 9.98. The third kappa shape index (κ3) is 7.92. The van der Waals surface area contributed by atoms with E-state index in [1.54, 1.807) is 19.1 Å². The highest BCUT2D eigenvalue weighted by Gasteiger charge is 2.38. The largest absolute Gasteiger partial charge is 0.490 e. The lowest BCUT2D eigenvalue weighted by molar-refractivity contribution is -0.192. The number of halogens is 3. The smallest absolute Gasteiger partial charge is 0.478 e. The molecule has 2 fully saturated rings. The molecule has 3 N–H and O–H groups in total. The van der Waals surface area contributed by atoms with E-state index in [0.717, 1.165) is 31.6 Å². The summed E-state index contributed by atoms with van der Waals surface area (Å²) in [6, 6.07) is 5.83. The number of carboxylic acid groups (broad SMARTS) is 2. The predicted molar refractivity (Wildman–Crippen MR) is 117 cm³/mol. The van der Waals surface area contributed by atoms with Crippen LogP contribution < -0.4 is 10.2 Å². The van der Waals surface area contributed by atoms with Crippen molar-refractivity contribution in [3.63, 3.8) is 0 Å². The summed E-state index contributed by atoms with van der Waals surface area (Å²) in [5.74, 6) is -3.82. The number of hydrogen-bond donors (Lipinski definition) is 3. The average molecular weight is 473 g/mol. The number of nitrogens with zero attached hydrogens (tertiary/aromatic N) is 2. The molecule has 0 atom stereocenters. The van der Waals surface area contributed by atoms with E-state index in [1.165, 1.54) is 32.4 Å². The minimum atomic E-state index is -5.08. The van der Waals surface area contributed by atoms with Crippen molar-refractivity contribution < 1.29 is 37.8 Å². The highest BCUT2D eigenvalue weighted by molar-refractivity contribution is 5.98. The van der Waals surface area contributed by atoms with Crippen LogP contribution in [-0.4, -0.2) is 71.4 Å². The van der Waals surface area contributed by atoms with Crippen LogP contribution in [0.15, 0.2) is 18.2 Å². The number of piperidine rings is 2. The van der Waals surface area contributed by atoms with Gasteiger partial charge in [0.1, 0.15) is 0 Å². The van der Waals surface area contributed by atoms with E-state index in [-0.39, 0.29) is 11.5 Å². The summed E-state index contributed by atoms with van der Waals surface area (Å²) >= 11 is 0. The zero-order valence-corrected chi connectivity index (χ0v) is 18.5. The second-order valence-electron chi connectivity index (χ2n) is 8.06. The van der Waals surface area contributed by atoms with E-state index in [9.17, 15) is 27.9 Å². The quantitative estimate of drug-likeness (QED) is 0.596. The van der Waals surface area contributed by atoms with Crippen molar-refractivity contribution in [3.8, 4) is 0 Å². The summed E-state index contributed by atoms with van der Waals surface area (Å²) in [7, 11) is 0. The normalized spacial score (nSPS) is 17.6. The van der Waals surface area contributed by atoms with Crippen LogP contribution in [0.1, 0.15) is 55.8 Å². The van der Waals surface area contributed by atoms with Gasteiger partial charge in [0.2, 0.25) is 5.91 Å². The number of rotatable bonds is 5. The van der Waals surface area contributed by atoms with Crippen LogP contribution in [0.3, 0.4) is 0 Å². The molecule has 1 aromatic carbocycles. The number of carboxylic acids is 2. The molecule has 0 aromatic heterocycles. The van der Waals surface area contributed by atoms with Gasteiger partial charge in [-0.2, -0.15) is 13.2 Å². The van der Waals surface area contributed by atoms with Crippen LogP contribution in [-0.2, 0) is 9.59 Å². The highest BCUT2D eigenvalue weighted by atomic mass is 19.4. The first-order chi connectivity index (χ1) is 15.5. The Hall–Kier alpha value is -2.82. The standard InChI is InChI=1S/C20H29N3O3.C2HF3O2/c1-2-19(24)21-15-6-7-18(17(14-15)20(25)26)23-12-8-16(9-13-23)22-10-4-3-5-11-22;3-2(4,5)1(6)7/h6-7,14,16H,2-5,8-13H2,1H3,(H,21,24)(H,25,26);(H,6,7). The molecule has 8 nitrogen and oxygen atoms in total. The molecule has 0 saturated carbocycles. The van der Waals surface area contributed by atoms with Crippen LogP contribution in [0.2, 0.25) is 0 Å². The molecule has 3 rings (SSSR count). The molecular weight excluding hydrogens is 443 g/mol. The lowest BCUT2D eigenvalue weighted by Crippen LogP contribution is -2.47. The molecule has 2 saturated heterocycles. The molecule has 0 bridgehead atoms. The van der Waals surface area contributed by atoms with Gasteiger partial charge >= 0.3 is 18.1 Å². The van der Waals surface area contributed by atoms with E-state index in [1.807, 2.05) is 6.07 Å². The van der Waals surface area contributed by atoms with Gasteiger partial charge in [-0.15, -0.1) is 0 Å². The van der Waals surface area contributed by atoms with E-state index < -0.39 is 18.1 Å². The fraction of sp³-hybridized carbons (Fsp3) is 0.591. The average Bonchev–Trinajstić information content (AvgIpc) is 2.79. The summed E-state index contributed by atoms with van der Waals surface area (Å²) in [5, 5.41) is 19.5. The van der Waals surface area contributed by atoms with Crippen molar-refractivity contribution in [1.82, 2.24) is 4.90 Å². The van der Waals surface area contributed by atoms with E-state index in [2.05, 4.69) is 15.1 Å². The van der Waals surface area contributed by atoms with Crippen molar-refractivity contribution in [2.45, 2.75) is 57.7 Å². The molecule has 2 aliphatic heterocycles. The maximum atomic E-state index is 11.7. The third-order valence-electron chi connectivity index (χ3n) is 5.79. The van der Waals surface area contributed by atoms with Crippen molar-refractivity contribution in [2.75, 3.05) is 36.4 Å². The summed E-state index contributed by atoms with van der Waals surface area (Å²) in [6.07, 6.45) is 1.38. The van der Waals surface area contributed by atoms with Gasteiger partial charge < -0.3 is 25.3 Å². The highest BCUT2D eigenvalue weighted by Crippen LogP contribution is 2.29. The molecule has 2 aliphatic rings. The molecular formula is C22H30F3N3O5. The van der Waals surface area contributed by atoms with Gasteiger partial charge in [-0.25, -0.2) is 9.59 Å². The number of likely N-dealkylation sites (tertiary alicyclic amines) is 1. The van der Waals surface area contributed by atoms with E-state index in [0.29, 0.717) is 18.2 Å². The Morgan fingerprint density at radius 3 is 2.09 bits per heavy atom. The third-order valence-corrected chi connectivity index (χ3v) is 5.79. The number of nitrogens with one attached hydrogen (secondary N) is 1. The van der Waals surface area contributed by atoms with Gasteiger partial charge in [0.15, 0.2) is 0 Å². The van der Waals surface area contributed by atoms with Crippen LogP contribution in [0.4, 0.5) is 24.5 Å². The number of aliphatic carboxylic acids is 1. The first-order valence-corrected chi connectivity index (χ1v) is 11.0. The number of anilines is 2. The van der Waals surface area contributed by atoms with Gasteiger partial charge in [-0.05, 0) is 57.0 Å². The minimum Gasteiger partial charge on any atom is -0.478 e. The number of carbonyl (C=O) groups excluding carboxylic acids is 1. The molecule has 184 valence electrons. The van der Waals surface area contributed by atoms with Crippen molar-refractivity contribution >= 4 is 29.2 Å². The SMILES string of the molecule is CCC(=O)Nc1ccc(N2CCC(N3CCCCC3)CC2)c(C(=O)O)c1.O=C(O)C(F)(F)F. The lowest BCUT2D eigenvalue weighted by Gasteiger charge is -2.41. The molecule has 0 unspecified atom stereocenters. The topological polar surface area (TPSA) is 110 Å². The molecule has 1 aromatic rings. The maximum Gasteiger partial charge on any atom is 0.490 e.